The molecule has 0 aromatic heterocycles. The lowest BCUT2D eigenvalue weighted by atomic mass is 9.60. The first-order valence-electron chi connectivity index (χ1n) is 12.4. The van der Waals surface area contributed by atoms with Crippen molar-refractivity contribution in [1.29, 1.82) is 0 Å². The number of rotatable bonds is 6. The van der Waals surface area contributed by atoms with Crippen molar-refractivity contribution in [2.24, 2.45) is 10.4 Å². The molecule has 0 bridgehead atoms. The Kier molecular flexibility index (Phi) is 9.87. The highest BCUT2D eigenvalue weighted by Gasteiger charge is 2.57. The maximum Gasteiger partial charge on any atom is 0.236 e. The molecule has 2 unspecified atom stereocenters. The highest BCUT2D eigenvalue weighted by molar-refractivity contribution is 14.0. The minimum Gasteiger partial charge on any atom is -0.378 e. The van der Waals surface area contributed by atoms with Crippen LogP contribution >= 0.6 is 24.0 Å². The van der Waals surface area contributed by atoms with E-state index in [2.05, 4.69) is 29.0 Å². The minimum atomic E-state index is 0. The van der Waals surface area contributed by atoms with Crippen LogP contribution in [0.4, 0.5) is 0 Å². The van der Waals surface area contributed by atoms with Crippen LogP contribution in [0.15, 0.2) is 4.99 Å². The third-order valence-electron chi connectivity index (χ3n) is 7.69. The predicted molar refractivity (Wildman–Crippen MR) is 137 cm³/mol. The third kappa shape index (κ3) is 5.70. The van der Waals surface area contributed by atoms with E-state index in [-0.39, 0.29) is 29.9 Å². The van der Waals surface area contributed by atoms with Gasteiger partial charge in [-0.25, -0.2) is 0 Å². The lowest BCUT2D eigenvalue weighted by molar-refractivity contribution is -0.136. The smallest absolute Gasteiger partial charge is 0.236 e. The number of morpholine rings is 1. The summed E-state index contributed by atoms with van der Waals surface area (Å²) in [5, 5.41) is 3.84. The normalized spacial score (nSPS) is 28.4. The Hall–Kier alpha value is -0.650. The fourth-order valence-electron chi connectivity index (χ4n) is 5.85. The van der Waals surface area contributed by atoms with Crippen molar-refractivity contribution in [3.05, 3.63) is 0 Å². The number of carbonyl (C=O) groups is 1. The first-order chi connectivity index (χ1) is 15.2. The number of nitrogens with zero attached hydrogens (tertiary/aromatic N) is 4. The summed E-state index contributed by atoms with van der Waals surface area (Å²) in [7, 11) is 0. The van der Waals surface area contributed by atoms with E-state index in [9.17, 15) is 4.79 Å². The van der Waals surface area contributed by atoms with Crippen LogP contribution in [0.25, 0.3) is 0 Å². The van der Waals surface area contributed by atoms with E-state index in [0.29, 0.717) is 37.3 Å². The van der Waals surface area contributed by atoms with Gasteiger partial charge < -0.3 is 24.6 Å². The van der Waals surface area contributed by atoms with Gasteiger partial charge in [-0.2, -0.15) is 0 Å². The molecule has 2 aliphatic heterocycles. The topological polar surface area (TPSA) is 69.6 Å². The molecule has 184 valence electrons. The largest absolute Gasteiger partial charge is 0.378 e. The molecular formula is C23H42IN5O3. The summed E-state index contributed by atoms with van der Waals surface area (Å²) in [6.45, 7) is 12.7. The van der Waals surface area contributed by atoms with Crippen LogP contribution in [0.3, 0.4) is 0 Å². The lowest BCUT2D eigenvalue weighted by Gasteiger charge is -2.55. The van der Waals surface area contributed by atoms with E-state index >= 15 is 0 Å². The van der Waals surface area contributed by atoms with E-state index in [0.717, 1.165) is 64.8 Å². The summed E-state index contributed by atoms with van der Waals surface area (Å²) >= 11 is 0. The van der Waals surface area contributed by atoms with Gasteiger partial charge in [0.15, 0.2) is 5.96 Å². The van der Waals surface area contributed by atoms with Gasteiger partial charge in [0.2, 0.25) is 5.91 Å². The van der Waals surface area contributed by atoms with E-state index in [1.807, 2.05) is 4.90 Å². The maximum atomic E-state index is 12.6. The standard InChI is InChI=1S/C23H41N5O3.HI/c1-3-24-22(25-19-17-20(31-4-2)23(19)7-5-6-8-23)28-11-9-26(10-12-28)18-21(29)27-13-15-30-16-14-27;/h19-20H,3-18H2,1-2H3,(H,24,25);1H. The van der Waals surface area contributed by atoms with Gasteiger partial charge in [0.25, 0.3) is 0 Å². The number of aliphatic imine (C=N–C) groups is 1. The molecule has 1 amide bonds. The number of guanidine groups is 1. The molecule has 0 aromatic rings. The number of hydrogen-bond donors (Lipinski definition) is 1. The van der Waals surface area contributed by atoms with Crippen molar-refractivity contribution in [2.45, 2.75) is 58.1 Å². The molecule has 2 aliphatic carbocycles. The second-order valence-corrected chi connectivity index (χ2v) is 9.37. The molecule has 8 nitrogen and oxygen atoms in total. The maximum absolute atomic E-state index is 12.6. The van der Waals surface area contributed by atoms with E-state index in [4.69, 9.17) is 14.5 Å². The zero-order chi connectivity index (χ0) is 21.7. The molecule has 4 fully saturated rings. The molecule has 4 aliphatic rings. The monoisotopic (exact) mass is 563 g/mol. The van der Waals surface area contributed by atoms with Gasteiger partial charge in [-0.05, 0) is 33.1 Å². The molecule has 0 aromatic carbocycles. The van der Waals surface area contributed by atoms with Crippen LogP contribution < -0.4 is 5.32 Å². The highest BCUT2D eigenvalue weighted by atomic mass is 127. The van der Waals surface area contributed by atoms with Crippen molar-refractivity contribution in [2.75, 3.05) is 72.2 Å². The van der Waals surface area contributed by atoms with Gasteiger partial charge in [0, 0.05) is 63.9 Å². The third-order valence-corrected chi connectivity index (χ3v) is 7.69. The number of carbonyl (C=O) groups excluding carboxylic acids is 1. The van der Waals surface area contributed by atoms with Crippen LogP contribution in [-0.2, 0) is 14.3 Å². The molecule has 1 N–H and O–H groups in total. The molecular weight excluding hydrogens is 521 g/mol. The van der Waals surface area contributed by atoms with Gasteiger partial charge in [-0.3, -0.25) is 14.7 Å². The van der Waals surface area contributed by atoms with Crippen molar-refractivity contribution in [3.63, 3.8) is 0 Å². The quantitative estimate of drug-likeness (QED) is 0.302. The van der Waals surface area contributed by atoms with Crippen LogP contribution in [0.5, 0.6) is 0 Å². The second-order valence-electron chi connectivity index (χ2n) is 9.37. The Morgan fingerprint density at radius 1 is 1.06 bits per heavy atom. The molecule has 2 saturated carbocycles. The van der Waals surface area contributed by atoms with Gasteiger partial charge in [0.1, 0.15) is 0 Å². The molecule has 1 spiro atoms. The van der Waals surface area contributed by atoms with Crippen LogP contribution in [0, 0.1) is 5.41 Å². The molecule has 32 heavy (non-hydrogen) atoms. The fourth-order valence-corrected chi connectivity index (χ4v) is 5.85. The number of amides is 1. The first-order valence-corrected chi connectivity index (χ1v) is 12.4. The fraction of sp³-hybridized carbons (Fsp3) is 0.913. The van der Waals surface area contributed by atoms with E-state index in [1.165, 1.54) is 25.7 Å². The molecule has 9 heteroatoms. The van der Waals surface area contributed by atoms with Gasteiger partial charge in [-0.1, -0.05) is 12.8 Å². The van der Waals surface area contributed by atoms with Crippen LogP contribution in [-0.4, -0.2) is 111 Å². The number of piperazine rings is 1. The predicted octanol–water partition coefficient (Wildman–Crippen LogP) is 1.78. The van der Waals surface area contributed by atoms with Crippen LogP contribution in [0.1, 0.15) is 46.0 Å². The molecule has 2 heterocycles. The number of ether oxygens (including phenoxy) is 2. The van der Waals surface area contributed by atoms with E-state index in [1.54, 1.807) is 0 Å². The van der Waals surface area contributed by atoms with Crippen molar-refractivity contribution >= 4 is 35.8 Å². The Morgan fingerprint density at radius 2 is 1.75 bits per heavy atom. The average molecular weight is 564 g/mol. The number of halogens is 1. The van der Waals surface area contributed by atoms with Crippen molar-refractivity contribution in [1.82, 2.24) is 20.0 Å². The number of nitrogens with one attached hydrogen (secondary N) is 1. The summed E-state index contributed by atoms with van der Waals surface area (Å²) in [4.78, 5) is 24.0. The molecule has 0 radical (unpaired) electrons. The summed E-state index contributed by atoms with van der Waals surface area (Å²) < 4.78 is 11.5. The zero-order valence-electron chi connectivity index (χ0n) is 19.9. The first kappa shape index (κ1) is 26.0. The summed E-state index contributed by atoms with van der Waals surface area (Å²) in [5.41, 5.74) is 0.302. The Balaban J connectivity index is 0.00000289. The Bertz CT molecular complexity index is 629. The van der Waals surface area contributed by atoms with E-state index < -0.39 is 0 Å². The minimum absolute atomic E-state index is 0. The van der Waals surface area contributed by atoms with Gasteiger partial charge in [-0.15, -0.1) is 24.0 Å². The summed E-state index contributed by atoms with van der Waals surface area (Å²) in [6.07, 6.45) is 6.67. The van der Waals surface area contributed by atoms with Crippen LogP contribution in [0.2, 0.25) is 0 Å². The summed E-state index contributed by atoms with van der Waals surface area (Å²) in [6, 6.07) is 0.470. The average Bonchev–Trinajstić information content (AvgIpc) is 3.32. The van der Waals surface area contributed by atoms with Gasteiger partial charge >= 0.3 is 0 Å². The second kappa shape index (κ2) is 12.2. The lowest BCUT2D eigenvalue weighted by Crippen LogP contribution is -2.66. The Morgan fingerprint density at radius 3 is 2.38 bits per heavy atom. The highest BCUT2D eigenvalue weighted by Crippen LogP contribution is 2.54. The summed E-state index contributed by atoms with van der Waals surface area (Å²) in [5.74, 6) is 1.28. The van der Waals surface area contributed by atoms with Crippen molar-refractivity contribution in [3.8, 4) is 0 Å². The SMILES string of the molecule is CCN=C(NC1CC(OCC)C12CCCC2)N1CCN(CC(=O)N2CCOCC2)CC1.I. The zero-order valence-corrected chi connectivity index (χ0v) is 22.2. The molecule has 2 atom stereocenters. The molecule has 4 rings (SSSR count). The van der Waals surface area contributed by atoms with Gasteiger partial charge in [0.05, 0.1) is 25.9 Å². The molecule has 2 saturated heterocycles. The number of hydrogen-bond acceptors (Lipinski definition) is 5. The Labute approximate surface area is 210 Å². The van der Waals surface area contributed by atoms with Crippen molar-refractivity contribution < 1.29 is 14.3 Å².